The van der Waals surface area contributed by atoms with Crippen LogP contribution in [0.4, 0.5) is 0 Å². The van der Waals surface area contributed by atoms with E-state index in [0.29, 0.717) is 5.69 Å². The number of H-pyrrole nitrogens is 1. The third-order valence-corrected chi connectivity index (χ3v) is 6.57. The summed E-state index contributed by atoms with van der Waals surface area (Å²) in [6.45, 7) is 0. The number of fused-ring (bicyclic) bond motifs is 1. The largest absolute Gasteiger partial charge is 0.497 e. The summed E-state index contributed by atoms with van der Waals surface area (Å²) in [7, 11) is 3.32. The van der Waals surface area contributed by atoms with Gasteiger partial charge in [0.15, 0.2) is 0 Å². The number of aromatic nitrogens is 2. The topological polar surface area (TPSA) is 67.5 Å². The fraction of sp³-hybridized carbons (Fsp3) is 0.360. The molecule has 0 spiro atoms. The average molecular weight is 418 g/mol. The van der Waals surface area contributed by atoms with Crippen molar-refractivity contribution < 1.29 is 14.3 Å². The minimum Gasteiger partial charge on any atom is -0.497 e. The average Bonchev–Trinajstić information content (AvgIpc) is 3.39. The second kappa shape index (κ2) is 8.10. The van der Waals surface area contributed by atoms with E-state index in [-0.39, 0.29) is 18.0 Å². The zero-order chi connectivity index (χ0) is 21.4. The number of ether oxygens (including phenoxy) is 2. The number of benzene rings is 2. The van der Waals surface area contributed by atoms with Crippen molar-refractivity contribution in [3.63, 3.8) is 0 Å². The van der Waals surface area contributed by atoms with Gasteiger partial charge in [-0.2, -0.15) is 5.10 Å². The molecule has 31 heavy (non-hydrogen) atoms. The van der Waals surface area contributed by atoms with Crippen LogP contribution in [0.3, 0.4) is 0 Å². The quantitative estimate of drug-likeness (QED) is 0.636. The Bertz CT molecular complexity index is 1070. The Morgan fingerprint density at radius 3 is 2.13 bits per heavy atom. The summed E-state index contributed by atoms with van der Waals surface area (Å²) in [5.74, 6) is 1.65. The number of hydrogen-bond acceptors (Lipinski definition) is 4. The maximum atomic E-state index is 13.6. The molecule has 1 unspecified atom stereocenters. The summed E-state index contributed by atoms with van der Waals surface area (Å²) in [6, 6.07) is 16.0. The Morgan fingerprint density at radius 1 is 0.903 bits per heavy atom. The highest BCUT2D eigenvalue weighted by molar-refractivity contribution is 6.00. The zero-order valence-electron chi connectivity index (χ0n) is 17.9. The third-order valence-electron chi connectivity index (χ3n) is 6.57. The molecule has 5 rings (SSSR count). The highest BCUT2D eigenvalue weighted by Crippen LogP contribution is 2.46. The Balaban J connectivity index is 1.62. The minimum absolute atomic E-state index is 0.0509. The Kier molecular flexibility index (Phi) is 5.14. The van der Waals surface area contributed by atoms with E-state index in [1.54, 1.807) is 14.2 Å². The molecule has 1 aliphatic heterocycles. The number of carbonyl (C=O) groups is 1. The van der Waals surface area contributed by atoms with Gasteiger partial charge in [0.25, 0.3) is 5.91 Å². The smallest absolute Gasteiger partial charge is 0.273 e. The van der Waals surface area contributed by atoms with Gasteiger partial charge in [-0.1, -0.05) is 31.4 Å². The normalized spacial score (nSPS) is 18.8. The van der Waals surface area contributed by atoms with Crippen molar-refractivity contribution in [3.05, 3.63) is 65.4 Å². The van der Waals surface area contributed by atoms with Crippen molar-refractivity contribution in [1.29, 1.82) is 0 Å². The first-order valence-corrected chi connectivity index (χ1v) is 10.9. The predicted octanol–water partition coefficient (Wildman–Crippen LogP) is 4.97. The second-order valence-electron chi connectivity index (χ2n) is 8.27. The number of rotatable bonds is 5. The Hall–Kier alpha value is -3.28. The standard InChI is InChI=1S/C25H27N3O3/c1-30-19-12-8-16(9-13-19)22-21-23(27-26-22)25(29)28(18-6-4-3-5-7-18)24(21)17-10-14-20(31-2)15-11-17/h8-15,18,24H,3-7H2,1-2H3,(H,26,27). The fourth-order valence-electron chi connectivity index (χ4n) is 4.98. The molecule has 2 aliphatic rings. The molecule has 1 N–H and O–H groups in total. The van der Waals surface area contributed by atoms with Crippen LogP contribution in [0.1, 0.15) is 59.8 Å². The summed E-state index contributed by atoms with van der Waals surface area (Å²) in [5, 5.41) is 7.62. The van der Waals surface area contributed by atoms with Gasteiger partial charge in [0.2, 0.25) is 0 Å². The first kappa shape index (κ1) is 19.7. The van der Waals surface area contributed by atoms with Crippen molar-refractivity contribution in [2.75, 3.05) is 14.2 Å². The van der Waals surface area contributed by atoms with Gasteiger partial charge in [0, 0.05) is 17.2 Å². The molecule has 1 atom stereocenters. The van der Waals surface area contributed by atoms with Crippen LogP contribution in [0.25, 0.3) is 11.3 Å². The van der Waals surface area contributed by atoms with Crippen molar-refractivity contribution in [1.82, 2.24) is 15.1 Å². The lowest BCUT2D eigenvalue weighted by molar-refractivity contribution is 0.0606. The first-order chi connectivity index (χ1) is 15.2. The number of methoxy groups -OCH3 is 2. The number of carbonyl (C=O) groups excluding carboxylic acids is 1. The van der Waals surface area contributed by atoms with Crippen LogP contribution in [0, 0.1) is 0 Å². The molecule has 1 aliphatic carbocycles. The summed E-state index contributed by atoms with van der Waals surface area (Å²) < 4.78 is 10.7. The summed E-state index contributed by atoms with van der Waals surface area (Å²) in [4.78, 5) is 15.7. The maximum absolute atomic E-state index is 13.6. The molecule has 1 fully saturated rings. The van der Waals surface area contributed by atoms with Crippen LogP contribution in [0.15, 0.2) is 48.5 Å². The highest BCUT2D eigenvalue weighted by atomic mass is 16.5. The van der Waals surface area contributed by atoms with E-state index >= 15 is 0 Å². The molecule has 0 radical (unpaired) electrons. The molecule has 1 saturated carbocycles. The lowest BCUT2D eigenvalue weighted by Gasteiger charge is -2.36. The van der Waals surface area contributed by atoms with Crippen molar-refractivity contribution in [3.8, 4) is 22.8 Å². The molecule has 2 heterocycles. The van der Waals surface area contributed by atoms with E-state index in [9.17, 15) is 4.79 Å². The van der Waals surface area contributed by atoms with Crippen molar-refractivity contribution in [2.24, 2.45) is 0 Å². The number of nitrogens with zero attached hydrogens (tertiary/aromatic N) is 2. The molecule has 3 aromatic rings. The van der Waals surface area contributed by atoms with Gasteiger partial charge in [0.1, 0.15) is 17.2 Å². The molecular weight excluding hydrogens is 390 g/mol. The molecule has 0 bridgehead atoms. The van der Waals surface area contributed by atoms with Crippen LogP contribution < -0.4 is 9.47 Å². The number of amides is 1. The predicted molar refractivity (Wildman–Crippen MR) is 118 cm³/mol. The van der Waals surface area contributed by atoms with E-state index in [0.717, 1.165) is 46.7 Å². The highest BCUT2D eigenvalue weighted by Gasteiger charge is 2.45. The van der Waals surface area contributed by atoms with Crippen LogP contribution >= 0.6 is 0 Å². The second-order valence-corrected chi connectivity index (χ2v) is 8.27. The molecule has 1 aromatic heterocycles. The Labute approximate surface area is 182 Å². The fourth-order valence-corrected chi connectivity index (χ4v) is 4.98. The molecule has 6 nitrogen and oxygen atoms in total. The maximum Gasteiger partial charge on any atom is 0.273 e. The minimum atomic E-state index is -0.160. The molecule has 1 amide bonds. The van der Waals surface area contributed by atoms with E-state index in [1.165, 1.54) is 19.3 Å². The van der Waals surface area contributed by atoms with E-state index < -0.39 is 0 Å². The number of nitrogens with one attached hydrogen (secondary N) is 1. The van der Waals surface area contributed by atoms with E-state index in [2.05, 4.69) is 27.2 Å². The number of hydrogen-bond donors (Lipinski definition) is 1. The van der Waals surface area contributed by atoms with Crippen LogP contribution in [-0.4, -0.2) is 41.3 Å². The monoisotopic (exact) mass is 417 g/mol. The molecule has 0 saturated heterocycles. The molecule has 2 aromatic carbocycles. The third kappa shape index (κ3) is 3.36. The summed E-state index contributed by atoms with van der Waals surface area (Å²) in [5.41, 5.74) is 4.44. The van der Waals surface area contributed by atoms with Crippen LogP contribution in [-0.2, 0) is 0 Å². The van der Waals surface area contributed by atoms with Gasteiger partial charge in [-0.25, -0.2) is 0 Å². The van der Waals surface area contributed by atoms with Gasteiger partial charge in [-0.15, -0.1) is 0 Å². The van der Waals surface area contributed by atoms with Gasteiger partial charge in [-0.05, 0) is 54.8 Å². The van der Waals surface area contributed by atoms with Crippen LogP contribution in [0.5, 0.6) is 11.5 Å². The first-order valence-electron chi connectivity index (χ1n) is 10.9. The van der Waals surface area contributed by atoms with Crippen molar-refractivity contribution in [2.45, 2.75) is 44.2 Å². The molecule has 160 valence electrons. The SMILES string of the molecule is COc1ccc(-c2n[nH]c3c2C(c2ccc(OC)cc2)N(C2CCCCC2)C3=O)cc1. The van der Waals surface area contributed by atoms with Gasteiger partial charge >= 0.3 is 0 Å². The lowest BCUT2D eigenvalue weighted by Crippen LogP contribution is -2.40. The van der Waals surface area contributed by atoms with Gasteiger partial charge < -0.3 is 14.4 Å². The molecule has 6 heteroatoms. The van der Waals surface area contributed by atoms with E-state index in [4.69, 9.17) is 9.47 Å². The van der Waals surface area contributed by atoms with Crippen molar-refractivity contribution >= 4 is 5.91 Å². The van der Waals surface area contributed by atoms with Gasteiger partial charge in [-0.3, -0.25) is 9.89 Å². The summed E-state index contributed by atoms with van der Waals surface area (Å²) >= 11 is 0. The van der Waals surface area contributed by atoms with Gasteiger partial charge in [0.05, 0.1) is 26.0 Å². The number of aromatic amines is 1. The summed E-state index contributed by atoms with van der Waals surface area (Å²) in [6.07, 6.45) is 5.68. The van der Waals surface area contributed by atoms with Crippen LogP contribution in [0.2, 0.25) is 0 Å². The zero-order valence-corrected chi connectivity index (χ0v) is 17.9. The lowest BCUT2D eigenvalue weighted by atomic mass is 9.91. The molecular formula is C25H27N3O3. The van der Waals surface area contributed by atoms with E-state index in [1.807, 2.05) is 36.4 Å². The Morgan fingerprint density at radius 2 is 1.52 bits per heavy atom.